The second kappa shape index (κ2) is 6.31. The first-order valence-corrected chi connectivity index (χ1v) is 7.49. The van der Waals surface area contributed by atoms with E-state index in [1.54, 1.807) is 0 Å². The number of aromatic nitrogens is 2. The molecule has 1 N–H and O–H groups in total. The highest BCUT2D eigenvalue weighted by molar-refractivity contribution is 6.31. The normalized spacial score (nSPS) is 10.8. The zero-order chi connectivity index (χ0) is 14.7. The molecule has 0 unspecified atom stereocenters. The van der Waals surface area contributed by atoms with E-state index >= 15 is 0 Å². The SMILES string of the molecule is CCc1nn(CC)c(CNc2cc(C)ccc2C)c1Cl. The second-order valence-corrected chi connectivity index (χ2v) is 5.43. The molecule has 2 rings (SSSR count). The summed E-state index contributed by atoms with van der Waals surface area (Å²) in [6.07, 6.45) is 0.863. The average Bonchev–Trinajstić information content (AvgIpc) is 2.75. The van der Waals surface area contributed by atoms with Crippen LogP contribution in [0.4, 0.5) is 5.69 Å². The first-order valence-electron chi connectivity index (χ1n) is 7.12. The van der Waals surface area contributed by atoms with E-state index in [1.807, 2.05) is 4.68 Å². The Bertz CT molecular complexity index is 602. The van der Waals surface area contributed by atoms with Gasteiger partial charge >= 0.3 is 0 Å². The molecule has 0 saturated heterocycles. The molecule has 3 nitrogen and oxygen atoms in total. The van der Waals surface area contributed by atoms with E-state index in [2.05, 4.69) is 56.3 Å². The lowest BCUT2D eigenvalue weighted by Crippen LogP contribution is -2.09. The molecular formula is C16H22ClN3. The van der Waals surface area contributed by atoms with Crippen molar-refractivity contribution in [3.8, 4) is 0 Å². The minimum absolute atomic E-state index is 0.698. The van der Waals surface area contributed by atoms with Crippen LogP contribution in [0.5, 0.6) is 0 Å². The maximum absolute atomic E-state index is 6.42. The van der Waals surface area contributed by atoms with Gasteiger partial charge in [0.25, 0.3) is 0 Å². The van der Waals surface area contributed by atoms with Crippen molar-refractivity contribution in [2.45, 2.75) is 47.2 Å². The van der Waals surface area contributed by atoms with Crippen LogP contribution in [-0.4, -0.2) is 9.78 Å². The molecular weight excluding hydrogens is 270 g/mol. The van der Waals surface area contributed by atoms with Crippen LogP contribution >= 0.6 is 11.6 Å². The van der Waals surface area contributed by atoms with E-state index in [1.165, 1.54) is 11.1 Å². The molecule has 20 heavy (non-hydrogen) atoms. The van der Waals surface area contributed by atoms with E-state index in [9.17, 15) is 0 Å². The number of halogens is 1. The number of benzene rings is 1. The van der Waals surface area contributed by atoms with Gasteiger partial charge in [-0.2, -0.15) is 5.10 Å². The molecule has 0 saturated carbocycles. The van der Waals surface area contributed by atoms with Crippen LogP contribution in [0.1, 0.15) is 36.4 Å². The highest BCUT2D eigenvalue weighted by atomic mass is 35.5. The second-order valence-electron chi connectivity index (χ2n) is 5.05. The largest absolute Gasteiger partial charge is 0.379 e. The summed E-state index contributed by atoms with van der Waals surface area (Å²) >= 11 is 6.42. The van der Waals surface area contributed by atoms with Crippen LogP contribution in [0.25, 0.3) is 0 Å². The highest BCUT2D eigenvalue weighted by Crippen LogP contribution is 2.24. The molecule has 1 heterocycles. The number of nitrogens with one attached hydrogen (secondary N) is 1. The van der Waals surface area contributed by atoms with Crippen molar-refractivity contribution in [2.75, 3.05) is 5.32 Å². The number of aryl methyl sites for hydroxylation is 4. The summed E-state index contributed by atoms with van der Waals surface area (Å²) in [4.78, 5) is 0. The first-order chi connectivity index (χ1) is 9.56. The van der Waals surface area contributed by atoms with Gasteiger partial charge in [0.2, 0.25) is 0 Å². The van der Waals surface area contributed by atoms with Crippen molar-refractivity contribution in [2.24, 2.45) is 0 Å². The molecule has 0 aliphatic heterocycles. The topological polar surface area (TPSA) is 29.9 Å². The van der Waals surface area contributed by atoms with Gasteiger partial charge in [0.05, 0.1) is 23.0 Å². The molecule has 1 aromatic carbocycles. The number of anilines is 1. The zero-order valence-corrected chi connectivity index (χ0v) is 13.4. The van der Waals surface area contributed by atoms with Crippen LogP contribution < -0.4 is 5.32 Å². The molecule has 108 valence electrons. The third kappa shape index (κ3) is 2.98. The molecule has 0 spiro atoms. The zero-order valence-electron chi connectivity index (χ0n) is 12.6. The molecule has 0 fully saturated rings. The smallest absolute Gasteiger partial charge is 0.0868 e. The standard InChI is InChI=1S/C16H22ClN3/c1-5-13-16(17)15(20(6-2)19-13)10-18-14-9-11(3)7-8-12(14)4/h7-9,18H,5-6,10H2,1-4H3. The summed E-state index contributed by atoms with van der Waals surface area (Å²) in [6, 6.07) is 6.42. The molecule has 0 amide bonds. The van der Waals surface area contributed by atoms with Gasteiger partial charge < -0.3 is 5.32 Å². The number of hydrogen-bond donors (Lipinski definition) is 1. The predicted octanol–water partition coefficient (Wildman–Crippen LogP) is 4.35. The van der Waals surface area contributed by atoms with Gasteiger partial charge in [0, 0.05) is 12.2 Å². The number of hydrogen-bond acceptors (Lipinski definition) is 2. The van der Waals surface area contributed by atoms with Crippen molar-refractivity contribution in [3.63, 3.8) is 0 Å². The molecule has 0 aliphatic carbocycles. The number of rotatable bonds is 5. The fourth-order valence-electron chi connectivity index (χ4n) is 2.29. The average molecular weight is 292 g/mol. The third-order valence-corrected chi connectivity index (χ3v) is 3.97. The lowest BCUT2D eigenvalue weighted by atomic mass is 10.1. The lowest BCUT2D eigenvalue weighted by Gasteiger charge is -2.11. The Morgan fingerprint density at radius 1 is 1.25 bits per heavy atom. The summed E-state index contributed by atoms with van der Waals surface area (Å²) in [5.41, 5.74) is 5.69. The van der Waals surface area contributed by atoms with Gasteiger partial charge in [-0.1, -0.05) is 30.7 Å². The minimum atomic E-state index is 0.698. The van der Waals surface area contributed by atoms with Crippen molar-refractivity contribution in [1.29, 1.82) is 0 Å². The highest BCUT2D eigenvalue weighted by Gasteiger charge is 2.14. The molecule has 4 heteroatoms. The van der Waals surface area contributed by atoms with Crippen molar-refractivity contribution >= 4 is 17.3 Å². The third-order valence-electron chi connectivity index (χ3n) is 3.53. The van der Waals surface area contributed by atoms with Crippen LogP contribution in [0.3, 0.4) is 0 Å². The summed E-state index contributed by atoms with van der Waals surface area (Å²) in [5, 5.41) is 8.82. The molecule has 0 bridgehead atoms. The van der Waals surface area contributed by atoms with Crippen molar-refractivity contribution in [3.05, 3.63) is 45.7 Å². The minimum Gasteiger partial charge on any atom is -0.379 e. The maximum atomic E-state index is 6.42. The van der Waals surface area contributed by atoms with E-state index in [0.717, 1.165) is 35.1 Å². The van der Waals surface area contributed by atoms with Crippen molar-refractivity contribution < 1.29 is 0 Å². The van der Waals surface area contributed by atoms with Gasteiger partial charge in [0.15, 0.2) is 0 Å². The maximum Gasteiger partial charge on any atom is 0.0868 e. The monoisotopic (exact) mass is 291 g/mol. The van der Waals surface area contributed by atoms with Crippen LogP contribution in [-0.2, 0) is 19.5 Å². The Labute approximate surface area is 126 Å². The van der Waals surface area contributed by atoms with Gasteiger partial charge in [0.1, 0.15) is 0 Å². The van der Waals surface area contributed by atoms with E-state index in [-0.39, 0.29) is 0 Å². The predicted molar refractivity (Wildman–Crippen MR) is 85.5 cm³/mol. The Hall–Kier alpha value is -1.48. The Kier molecular flexibility index (Phi) is 4.71. The van der Waals surface area contributed by atoms with Gasteiger partial charge in [-0.25, -0.2) is 0 Å². The summed E-state index contributed by atoms with van der Waals surface area (Å²) in [5.74, 6) is 0. The Morgan fingerprint density at radius 2 is 2.00 bits per heavy atom. The molecule has 2 aromatic rings. The quantitative estimate of drug-likeness (QED) is 0.887. The van der Waals surface area contributed by atoms with E-state index in [4.69, 9.17) is 11.6 Å². The Morgan fingerprint density at radius 3 is 2.65 bits per heavy atom. The fraction of sp³-hybridized carbons (Fsp3) is 0.438. The van der Waals surface area contributed by atoms with Gasteiger partial charge in [-0.15, -0.1) is 0 Å². The van der Waals surface area contributed by atoms with Crippen LogP contribution in [0.15, 0.2) is 18.2 Å². The lowest BCUT2D eigenvalue weighted by molar-refractivity contribution is 0.619. The van der Waals surface area contributed by atoms with E-state index in [0.29, 0.717) is 6.54 Å². The molecule has 0 aliphatic rings. The summed E-state index contributed by atoms with van der Waals surface area (Å²) < 4.78 is 1.99. The molecule has 0 radical (unpaired) electrons. The summed E-state index contributed by atoms with van der Waals surface area (Å²) in [7, 11) is 0. The van der Waals surface area contributed by atoms with Crippen LogP contribution in [0, 0.1) is 13.8 Å². The number of nitrogens with zero attached hydrogens (tertiary/aromatic N) is 2. The fourth-order valence-corrected chi connectivity index (χ4v) is 2.63. The summed E-state index contributed by atoms with van der Waals surface area (Å²) in [6.45, 7) is 9.91. The first kappa shape index (κ1) is 14.9. The van der Waals surface area contributed by atoms with Gasteiger partial charge in [-0.05, 0) is 44.4 Å². The van der Waals surface area contributed by atoms with Crippen molar-refractivity contribution in [1.82, 2.24) is 9.78 Å². The van der Waals surface area contributed by atoms with Gasteiger partial charge in [-0.3, -0.25) is 4.68 Å². The molecule has 0 atom stereocenters. The Balaban J connectivity index is 2.22. The molecule has 1 aromatic heterocycles. The van der Waals surface area contributed by atoms with Crippen LogP contribution in [0.2, 0.25) is 5.02 Å². The van der Waals surface area contributed by atoms with E-state index < -0.39 is 0 Å².